The number of anilines is 1. The van der Waals surface area contributed by atoms with Gasteiger partial charge in [-0.2, -0.15) is 13.2 Å². The number of hydrogen-bond donors (Lipinski definition) is 3. The fraction of sp³-hybridized carbons (Fsp3) is 0.346. The van der Waals surface area contributed by atoms with Crippen LogP contribution in [0.25, 0.3) is 21.6 Å². The van der Waals surface area contributed by atoms with Crippen LogP contribution >= 0.6 is 11.3 Å². The molecular weight excluding hydrogens is 536 g/mol. The summed E-state index contributed by atoms with van der Waals surface area (Å²) in [5.74, 6) is 0. The second-order valence-electron chi connectivity index (χ2n) is 9.15. The SMILES string of the molecule is O=C(NCc1nnc(-c2cc3c(NC4CCNCC4F)cccc3n2CC(F)(F)F)s1)OCc1ccccc1. The Morgan fingerprint density at radius 1 is 1.15 bits per heavy atom. The number of carbonyl (C=O) groups excluding carboxylic acids is 1. The third kappa shape index (κ3) is 6.66. The number of amides is 1. The molecule has 5 rings (SSSR count). The number of hydrogen-bond acceptors (Lipinski definition) is 7. The Labute approximate surface area is 225 Å². The summed E-state index contributed by atoms with van der Waals surface area (Å²) < 4.78 is 61.5. The zero-order valence-electron chi connectivity index (χ0n) is 20.7. The number of piperidine rings is 1. The van der Waals surface area contributed by atoms with E-state index in [1.54, 1.807) is 24.3 Å². The first-order valence-corrected chi connectivity index (χ1v) is 13.2. The van der Waals surface area contributed by atoms with Gasteiger partial charge in [0, 0.05) is 17.6 Å². The van der Waals surface area contributed by atoms with Gasteiger partial charge in [-0.1, -0.05) is 47.7 Å². The molecular formula is C26H26F4N6O2S. The Morgan fingerprint density at radius 3 is 2.74 bits per heavy atom. The average molecular weight is 563 g/mol. The van der Waals surface area contributed by atoms with E-state index >= 15 is 0 Å². The second kappa shape index (κ2) is 11.6. The molecule has 1 aliphatic rings. The van der Waals surface area contributed by atoms with Crippen LogP contribution in [-0.2, 0) is 24.4 Å². The third-order valence-electron chi connectivity index (χ3n) is 6.31. The number of fused-ring (bicyclic) bond motifs is 1. The van der Waals surface area contributed by atoms with Gasteiger partial charge in [0.1, 0.15) is 24.3 Å². The molecule has 1 aliphatic heterocycles. The minimum absolute atomic E-state index is 0.00516. The van der Waals surface area contributed by atoms with Gasteiger partial charge in [0.25, 0.3) is 0 Å². The molecule has 8 nitrogen and oxygen atoms in total. The second-order valence-corrected chi connectivity index (χ2v) is 10.2. The van der Waals surface area contributed by atoms with E-state index in [1.165, 1.54) is 0 Å². The van der Waals surface area contributed by atoms with E-state index in [2.05, 4.69) is 26.1 Å². The van der Waals surface area contributed by atoms with E-state index < -0.39 is 31.0 Å². The summed E-state index contributed by atoms with van der Waals surface area (Å²) in [4.78, 5) is 12.1. The van der Waals surface area contributed by atoms with Gasteiger partial charge in [0.2, 0.25) is 0 Å². The average Bonchev–Trinajstić information content (AvgIpc) is 3.53. The molecule has 1 fully saturated rings. The monoisotopic (exact) mass is 562 g/mol. The van der Waals surface area contributed by atoms with Gasteiger partial charge >= 0.3 is 12.3 Å². The highest BCUT2D eigenvalue weighted by atomic mass is 32.1. The van der Waals surface area contributed by atoms with Crippen LogP contribution in [-0.4, -0.2) is 52.3 Å². The molecule has 2 unspecified atom stereocenters. The number of carbonyl (C=O) groups is 1. The lowest BCUT2D eigenvalue weighted by Crippen LogP contribution is -2.45. The molecule has 39 heavy (non-hydrogen) atoms. The Balaban J connectivity index is 1.35. The number of benzene rings is 2. The highest BCUT2D eigenvalue weighted by Gasteiger charge is 2.31. The zero-order valence-corrected chi connectivity index (χ0v) is 21.5. The van der Waals surface area contributed by atoms with Gasteiger partial charge < -0.3 is 25.3 Å². The highest BCUT2D eigenvalue weighted by molar-refractivity contribution is 7.14. The van der Waals surface area contributed by atoms with Crippen molar-refractivity contribution in [2.75, 3.05) is 18.4 Å². The summed E-state index contributed by atoms with van der Waals surface area (Å²) in [6.45, 7) is -0.258. The quantitative estimate of drug-likeness (QED) is 0.254. The molecule has 2 aromatic heterocycles. The van der Waals surface area contributed by atoms with Gasteiger partial charge in [-0.05, 0) is 36.7 Å². The van der Waals surface area contributed by atoms with Crippen molar-refractivity contribution in [2.45, 2.75) is 44.5 Å². The summed E-state index contributed by atoms with van der Waals surface area (Å²) in [6.07, 6.45) is -5.71. The van der Waals surface area contributed by atoms with Gasteiger partial charge in [-0.3, -0.25) is 0 Å². The molecule has 3 N–H and O–H groups in total. The minimum Gasteiger partial charge on any atom is -0.445 e. The summed E-state index contributed by atoms with van der Waals surface area (Å²) in [5.41, 5.74) is 1.96. The normalized spacial score (nSPS) is 17.7. The van der Waals surface area contributed by atoms with Crippen LogP contribution in [0.4, 0.5) is 28.0 Å². The molecule has 1 amide bonds. The molecule has 0 spiro atoms. The number of aromatic nitrogens is 3. The van der Waals surface area contributed by atoms with E-state index in [4.69, 9.17) is 4.74 Å². The number of alkyl halides is 4. The Hall–Kier alpha value is -3.71. The van der Waals surface area contributed by atoms with E-state index in [-0.39, 0.29) is 30.4 Å². The maximum Gasteiger partial charge on any atom is 0.407 e. The van der Waals surface area contributed by atoms with Crippen molar-refractivity contribution in [1.29, 1.82) is 0 Å². The molecule has 4 aromatic rings. The van der Waals surface area contributed by atoms with Crippen LogP contribution in [0.15, 0.2) is 54.6 Å². The molecule has 1 saturated heterocycles. The first-order chi connectivity index (χ1) is 18.8. The summed E-state index contributed by atoms with van der Waals surface area (Å²) in [7, 11) is 0. The smallest absolute Gasteiger partial charge is 0.407 e. The van der Waals surface area contributed by atoms with E-state index in [0.717, 1.165) is 21.5 Å². The number of alkyl carbamates (subject to hydrolysis) is 1. The first kappa shape index (κ1) is 26.9. The standard InChI is InChI=1S/C26H26F4N6O2S/c27-18-12-31-10-9-20(18)33-19-7-4-8-21-17(19)11-22(36(21)15-26(28,29)30)24-35-34-23(39-24)13-32-25(37)38-14-16-5-2-1-3-6-16/h1-8,11,18,20,31,33H,9-10,12-15H2,(H,32,37). The molecule has 2 atom stereocenters. The lowest BCUT2D eigenvalue weighted by Gasteiger charge is -2.28. The molecule has 3 heterocycles. The zero-order chi connectivity index (χ0) is 27.4. The van der Waals surface area contributed by atoms with Crippen LogP contribution < -0.4 is 16.0 Å². The molecule has 2 aromatic carbocycles. The predicted octanol–water partition coefficient (Wildman–Crippen LogP) is 5.26. The van der Waals surface area contributed by atoms with E-state index in [1.807, 2.05) is 30.3 Å². The lowest BCUT2D eigenvalue weighted by molar-refractivity contribution is -0.139. The van der Waals surface area contributed by atoms with Gasteiger partial charge in [-0.25, -0.2) is 9.18 Å². The largest absolute Gasteiger partial charge is 0.445 e. The maximum atomic E-state index is 14.4. The van der Waals surface area contributed by atoms with Crippen molar-refractivity contribution >= 4 is 34.0 Å². The van der Waals surface area contributed by atoms with Gasteiger partial charge in [0.05, 0.1) is 23.8 Å². The number of ether oxygens (including phenoxy) is 1. The summed E-state index contributed by atoms with van der Waals surface area (Å²) in [6, 6.07) is 15.3. The fourth-order valence-corrected chi connectivity index (χ4v) is 5.28. The van der Waals surface area contributed by atoms with Crippen molar-refractivity contribution < 1.29 is 27.1 Å². The van der Waals surface area contributed by atoms with Crippen LogP contribution in [0, 0.1) is 0 Å². The number of nitrogens with one attached hydrogen (secondary N) is 3. The van der Waals surface area contributed by atoms with E-state index in [9.17, 15) is 22.4 Å². The van der Waals surface area contributed by atoms with Gasteiger partial charge in [0.15, 0.2) is 5.01 Å². The predicted molar refractivity (Wildman–Crippen MR) is 140 cm³/mol. The first-order valence-electron chi connectivity index (χ1n) is 12.3. The van der Waals surface area contributed by atoms with Crippen molar-refractivity contribution in [3.8, 4) is 10.7 Å². The molecule has 13 heteroatoms. The fourth-order valence-electron chi connectivity index (χ4n) is 4.47. The van der Waals surface area contributed by atoms with Gasteiger partial charge in [-0.15, -0.1) is 10.2 Å². The number of nitrogens with zero attached hydrogens (tertiary/aromatic N) is 3. The Morgan fingerprint density at radius 2 is 1.97 bits per heavy atom. The third-order valence-corrected chi connectivity index (χ3v) is 7.26. The molecule has 0 bridgehead atoms. The van der Waals surface area contributed by atoms with Crippen molar-refractivity contribution in [1.82, 2.24) is 25.4 Å². The van der Waals surface area contributed by atoms with E-state index in [0.29, 0.717) is 34.6 Å². The molecule has 0 radical (unpaired) electrons. The molecule has 0 aliphatic carbocycles. The number of halogens is 4. The van der Waals surface area contributed by atoms with Crippen LogP contribution in [0.1, 0.15) is 17.0 Å². The molecule has 206 valence electrons. The summed E-state index contributed by atoms with van der Waals surface area (Å²) >= 11 is 1.07. The van der Waals surface area contributed by atoms with Crippen molar-refractivity contribution in [3.63, 3.8) is 0 Å². The topological polar surface area (TPSA) is 93.1 Å². The Kier molecular flexibility index (Phi) is 7.98. The maximum absolute atomic E-state index is 14.4. The van der Waals surface area contributed by atoms with Crippen LogP contribution in [0.2, 0.25) is 0 Å². The van der Waals surface area contributed by atoms with Crippen LogP contribution in [0.5, 0.6) is 0 Å². The summed E-state index contributed by atoms with van der Waals surface area (Å²) in [5, 5.41) is 18.1. The Bertz CT molecular complexity index is 1430. The van der Waals surface area contributed by atoms with Crippen LogP contribution in [0.3, 0.4) is 0 Å². The number of rotatable bonds is 8. The minimum atomic E-state index is -4.49. The van der Waals surface area contributed by atoms with Crippen molar-refractivity contribution in [2.24, 2.45) is 0 Å². The van der Waals surface area contributed by atoms with Crippen molar-refractivity contribution in [3.05, 3.63) is 65.2 Å². The highest BCUT2D eigenvalue weighted by Crippen LogP contribution is 2.36. The lowest BCUT2D eigenvalue weighted by atomic mass is 10.0. The molecule has 0 saturated carbocycles.